The fourth-order valence-electron chi connectivity index (χ4n) is 3.45. The van der Waals surface area contributed by atoms with Crippen molar-refractivity contribution in [2.24, 2.45) is 0 Å². The van der Waals surface area contributed by atoms with Gasteiger partial charge in [0.05, 0.1) is 11.1 Å². The van der Waals surface area contributed by atoms with Crippen LogP contribution in [0.5, 0.6) is 5.75 Å². The van der Waals surface area contributed by atoms with Gasteiger partial charge in [0.1, 0.15) is 24.4 Å². The van der Waals surface area contributed by atoms with E-state index in [0.717, 1.165) is 11.8 Å². The number of amides is 1. The predicted octanol–water partition coefficient (Wildman–Crippen LogP) is 3.12. The van der Waals surface area contributed by atoms with Crippen molar-refractivity contribution in [2.45, 2.75) is 19.4 Å². The Balaban J connectivity index is 1.42. The van der Waals surface area contributed by atoms with Crippen molar-refractivity contribution >= 4 is 22.8 Å². The molecule has 3 heterocycles. The zero-order valence-corrected chi connectivity index (χ0v) is 17.1. The topological polar surface area (TPSA) is 83.1 Å². The third kappa shape index (κ3) is 4.83. The Morgan fingerprint density at radius 2 is 2.29 bits per heavy atom. The van der Waals surface area contributed by atoms with E-state index >= 15 is 0 Å². The number of likely N-dealkylation sites (tertiary alicyclic amines) is 1. The number of rotatable bonds is 5. The number of nitrogens with one attached hydrogen (secondary N) is 2. The summed E-state index contributed by atoms with van der Waals surface area (Å²) >= 11 is 0. The number of carbonyl (C=O) groups excluding carboxylic acids is 1. The first-order valence-corrected chi connectivity index (χ1v) is 10.0. The summed E-state index contributed by atoms with van der Waals surface area (Å²) in [6, 6.07) is 8.19. The van der Waals surface area contributed by atoms with Crippen molar-refractivity contribution < 1.29 is 13.9 Å². The number of para-hydroxylation sites is 1. The summed E-state index contributed by atoms with van der Waals surface area (Å²) in [6.45, 7) is 3.23. The summed E-state index contributed by atoms with van der Waals surface area (Å²) in [5.41, 5.74) is 1.32. The summed E-state index contributed by atoms with van der Waals surface area (Å²) in [7, 11) is 0. The number of hydrogen-bond acceptors (Lipinski definition) is 5. The number of halogens is 1. The van der Waals surface area contributed by atoms with E-state index in [9.17, 15) is 9.18 Å². The molecule has 1 aliphatic heterocycles. The van der Waals surface area contributed by atoms with Gasteiger partial charge in [-0.25, -0.2) is 14.4 Å². The highest BCUT2D eigenvalue weighted by Crippen LogP contribution is 2.23. The van der Waals surface area contributed by atoms with Gasteiger partial charge in [0, 0.05) is 19.1 Å². The molecule has 2 aromatic heterocycles. The van der Waals surface area contributed by atoms with Gasteiger partial charge in [-0.2, -0.15) is 0 Å². The monoisotopic (exact) mass is 419 g/mol. The van der Waals surface area contributed by atoms with Crippen LogP contribution in [0, 0.1) is 17.7 Å². The number of benzene rings is 1. The minimum Gasteiger partial charge on any atom is -0.478 e. The van der Waals surface area contributed by atoms with Crippen LogP contribution in [0.2, 0.25) is 0 Å². The van der Waals surface area contributed by atoms with Gasteiger partial charge in [-0.1, -0.05) is 24.1 Å². The lowest BCUT2D eigenvalue weighted by Gasteiger charge is -2.16. The van der Waals surface area contributed by atoms with E-state index < -0.39 is 5.82 Å². The van der Waals surface area contributed by atoms with E-state index in [-0.39, 0.29) is 24.3 Å². The molecular formula is C23H22FN5O2. The molecule has 158 valence electrons. The quantitative estimate of drug-likeness (QED) is 0.491. The van der Waals surface area contributed by atoms with Crippen LogP contribution in [0.4, 0.5) is 10.2 Å². The number of fused-ring (bicyclic) bond motifs is 1. The van der Waals surface area contributed by atoms with E-state index in [1.165, 1.54) is 12.4 Å². The maximum Gasteiger partial charge on any atom is 0.246 e. The highest BCUT2D eigenvalue weighted by Gasteiger charge is 2.25. The van der Waals surface area contributed by atoms with Gasteiger partial charge >= 0.3 is 0 Å². The SMILES string of the molecule is CC=CC(=O)N1CCC(Nc2ncnc3[nH]c(C#CCOc4ccccc4F)cc23)C1. The third-order valence-electron chi connectivity index (χ3n) is 4.94. The molecule has 31 heavy (non-hydrogen) atoms. The minimum absolute atomic E-state index is 0.0245. The number of allylic oxidation sites excluding steroid dienone is 1. The molecule has 1 saturated heterocycles. The number of H-pyrrole nitrogens is 1. The van der Waals surface area contributed by atoms with Crippen molar-refractivity contribution in [3.8, 4) is 17.6 Å². The van der Waals surface area contributed by atoms with Gasteiger partial charge in [0.25, 0.3) is 0 Å². The van der Waals surface area contributed by atoms with Crippen LogP contribution in [0.1, 0.15) is 19.0 Å². The molecule has 3 aromatic rings. The third-order valence-corrected chi connectivity index (χ3v) is 4.94. The fourth-order valence-corrected chi connectivity index (χ4v) is 3.45. The lowest BCUT2D eigenvalue weighted by Crippen LogP contribution is -2.30. The second-order valence-corrected chi connectivity index (χ2v) is 7.10. The molecule has 1 atom stereocenters. The molecule has 1 fully saturated rings. The highest BCUT2D eigenvalue weighted by atomic mass is 19.1. The molecule has 0 aliphatic carbocycles. The average Bonchev–Trinajstić information content (AvgIpc) is 3.40. The lowest BCUT2D eigenvalue weighted by molar-refractivity contribution is -0.125. The molecule has 8 heteroatoms. The molecule has 4 rings (SSSR count). The Morgan fingerprint density at radius 3 is 3.13 bits per heavy atom. The van der Waals surface area contributed by atoms with Gasteiger partial charge in [0.15, 0.2) is 11.6 Å². The van der Waals surface area contributed by atoms with Crippen LogP contribution in [0.25, 0.3) is 11.0 Å². The fraction of sp³-hybridized carbons (Fsp3) is 0.261. The van der Waals surface area contributed by atoms with Crippen molar-refractivity contribution in [2.75, 3.05) is 25.0 Å². The van der Waals surface area contributed by atoms with Gasteiger partial charge in [-0.3, -0.25) is 4.79 Å². The molecule has 7 nitrogen and oxygen atoms in total. The lowest BCUT2D eigenvalue weighted by atomic mass is 10.2. The first kappa shape index (κ1) is 20.4. The van der Waals surface area contributed by atoms with Gasteiger partial charge in [-0.05, 0) is 43.5 Å². The van der Waals surface area contributed by atoms with Crippen LogP contribution >= 0.6 is 0 Å². The number of anilines is 1. The first-order valence-electron chi connectivity index (χ1n) is 10.0. The van der Waals surface area contributed by atoms with Crippen LogP contribution in [0.3, 0.4) is 0 Å². The van der Waals surface area contributed by atoms with Crippen molar-refractivity contribution in [1.82, 2.24) is 19.9 Å². The molecule has 0 spiro atoms. The first-order chi connectivity index (χ1) is 15.1. The van der Waals surface area contributed by atoms with Crippen LogP contribution in [-0.4, -0.2) is 51.5 Å². The molecule has 0 bridgehead atoms. The number of hydrogen-bond donors (Lipinski definition) is 2. The van der Waals surface area contributed by atoms with Gasteiger partial charge in [-0.15, -0.1) is 0 Å². The van der Waals surface area contributed by atoms with Gasteiger partial charge < -0.3 is 19.9 Å². The van der Waals surface area contributed by atoms with Crippen molar-refractivity contribution in [3.05, 3.63) is 60.3 Å². The standard InChI is InChI=1S/C23H22FN5O2/c1-2-6-21(30)29-11-10-17(14-29)28-23-18-13-16(27-22(18)25-15-26-23)7-5-12-31-20-9-4-3-8-19(20)24/h2-4,6,8-9,13,15,17H,10-12,14H2,1H3,(H2,25,26,27,28). The van der Waals surface area contributed by atoms with E-state index in [4.69, 9.17) is 4.74 Å². The largest absolute Gasteiger partial charge is 0.478 e. The van der Waals surface area contributed by atoms with Gasteiger partial charge in [0.2, 0.25) is 5.91 Å². The second kappa shape index (κ2) is 9.30. The molecule has 1 aromatic carbocycles. The molecule has 1 unspecified atom stereocenters. The highest BCUT2D eigenvalue weighted by molar-refractivity contribution is 5.89. The summed E-state index contributed by atoms with van der Waals surface area (Å²) in [6.07, 6.45) is 5.66. The summed E-state index contributed by atoms with van der Waals surface area (Å²) in [5, 5.41) is 4.23. The predicted molar refractivity (Wildman–Crippen MR) is 116 cm³/mol. The minimum atomic E-state index is -0.418. The smallest absolute Gasteiger partial charge is 0.246 e. The molecule has 0 radical (unpaired) electrons. The maximum absolute atomic E-state index is 13.6. The number of aromatic amines is 1. The summed E-state index contributed by atoms with van der Waals surface area (Å²) in [5.74, 6) is 6.32. The molecule has 0 saturated carbocycles. The number of ether oxygens (including phenoxy) is 1. The second-order valence-electron chi connectivity index (χ2n) is 7.10. The summed E-state index contributed by atoms with van der Waals surface area (Å²) in [4.78, 5) is 25.6. The van der Waals surface area contributed by atoms with E-state index in [1.807, 2.05) is 17.9 Å². The Bertz CT molecular complexity index is 1180. The molecule has 1 amide bonds. The average molecular weight is 419 g/mol. The zero-order chi connectivity index (χ0) is 21.6. The van der Waals surface area contributed by atoms with Crippen LogP contribution < -0.4 is 10.1 Å². The zero-order valence-electron chi connectivity index (χ0n) is 17.1. The van der Waals surface area contributed by atoms with Crippen LogP contribution in [0.15, 0.2) is 48.8 Å². The van der Waals surface area contributed by atoms with E-state index in [2.05, 4.69) is 32.1 Å². The molecule has 1 aliphatic rings. The Labute approximate surface area is 179 Å². The molecular weight excluding hydrogens is 397 g/mol. The van der Waals surface area contributed by atoms with Crippen molar-refractivity contribution in [3.63, 3.8) is 0 Å². The number of aromatic nitrogens is 3. The normalized spacial score (nSPS) is 15.8. The van der Waals surface area contributed by atoms with E-state index in [1.54, 1.807) is 30.4 Å². The van der Waals surface area contributed by atoms with Crippen molar-refractivity contribution in [1.29, 1.82) is 0 Å². The van der Waals surface area contributed by atoms with Crippen LogP contribution in [-0.2, 0) is 4.79 Å². The Hall–Kier alpha value is -3.86. The number of carbonyl (C=O) groups is 1. The number of nitrogens with zero attached hydrogens (tertiary/aromatic N) is 3. The Morgan fingerprint density at radius 1 is 1.42 bits per heavy atom. The molecule has 2 N–H and O–H groups in total. The maximum atomic E-state index is 13.6. The summed E-state index contributed by atoms with van der Waals surface area (Å²) < 4.78 is 18.9. The van der Waals surface area contributed by atoms with E-state index in [0.29, 0.717) is 30.2 Å². The Kier molecular flexibility index (Phi) is 6.13.